The van der Waals surface area contributed by atoms with Crippen LogP contribution >= 0.6 is 0 Å². The zero-order chi connectivity index (χ0) is 15.1. The summed E-state index contributed by atoms with van der Waals surface area (Å²) in [6, 6.07) is 5.75. The van der Waals surface area contributed by atoms with E-state index < -0.39 is 17.9 Å². The maximum absolute atomic E-state index is 12.2. The van der Waals surface area contributed by atoms with Crippen molar-refractivity contribution >= 4 is 11.9 Å². The minimum atomic E-state index is -1.11. The molecule has 6 nitrogen and oxygen atoms in total. The number of hydrogen-bond donors (Lipinski definition) is 2. The second-order valence-corrected chi connectivity index (χ2v) is 4.84. The van der Waals surface area contributed by atoms with Gasteiger partial charge in [-0.1, -0.05) is 12.1 Å². The highest BCUT2D eigenvalue weighted by Crippen LogP contribution is 2.18. The number of benzene rings is 1. The summed E-state index contributed by atoms with van der Waals surface area (Å²) in [5.41, 5.74) is 0.336. The highest BCUT2D eigenvalue weighted by Gasteiger charge is 2.22. The van der Waals surface area contributed by atoms with Crippen molar-refractivity contribution in [2.45, 2.75) is 25.3 Å². The van der Waals surface area contributed by atoms with Gasteiger partial charge in [-0.25, -0.2) is 4.79 Å². The maximum Gasteiger partial charge on any atom is 0.328 e. The minimum absolute atomic E-state index is 0.0376. The third-order valence-electron chi connectivity index (χ3n) is 3.21. The largest absolute Gasteiger partial charge is 0.493 e. The predicted octanol–water partition coefficient (Wildman–Crippen LogP) is 1.45. The Morgan fingerprint density at radius 3 is 2.76 bits per heavy atom. The number of ether oxygens (including phenoxy) is 2. The van der Waals surface area contributed by atoms with Crippen LogP contribution in [-0.2, 0) is 9.53 Å². The van der Waals surface area contributed by atoms with E-state index in [2.05, 4.69) is 5.32 Å². The number of carbonyl (C=O) groups is 2. The number of nitrogens with one attached hydrogen (secondary N) is 1. The summed E-state index contributed by atoms with van der Waals surface area (Å²) in [6.45, 7) is 0.962. The van der Waals surface area contributed by atoms with E-state index in [4.69, 9.17) is 14.6 Å². The standard InChI is InChI=1S/C15H19NO5/c17-14-11-6-2-3-7-13(11)21-9-5-1-4-8-20-10-12(16-14)15(18)19/h2-3,6-7,12H,1,4-5,8-10H2,(H,16,17)(H,18,19)/t12-/m0/s1. The summed E-state index contributed by atoms with van der Waals surface area (Å²) in [7, 11) is 0. The molecule has 1 heterocycles. The van der Waals surface area contributed by atoms with Crippen LogP contribution in [0.25, 0.3) is 0 Å². The number of hydrogen-bond acceptors (Lipinski definition) is 4. The van der Waals surface area contributed by atoms with Crippen molar-refractivity contribution in [3.63, 3.8) is 0 Å². The summed E-state index contributed by atoms with van der Waals surface area (Å²) in [6.07, 6.45) is 2.63. The molecule has 1 atom stereocenters. The van der Waals surface area contributed by atoms with Crippen molar-refractivity contribution in [1.29, 1.82) is 0 Å². The van der Waals surface area contributed by atoms with Crippen molar-refractivity contribution in [3.05, 3.63) is 29.8 Å². The molecule has 0 unspecified atom stereocenters. The molecule has 114 valence electrons. The lowest BCUT2D eigenvalue weighted by Crippen LogP contribution is -2.44. The molecule has 0 aromatic heterocycles. The molecule has 0 saturated heterocycles. The van der Waals surface area contributed by atoms with Gasteiger partial charge in [-0.2, -0.15) is 0 Å². The Hall–Kier alpha value is -2.08. The van der Waals surface area contributed by atoms with Gasteiger partial charge in [0, 0.05) is 6.61 Å². The third-order valence-corrected chi connectivity index (χ3v) is 3.21. The lowest BCUT2D eigenvalue weighted by Gasteiger charge is -2.15. The Balaban J connectivity index is 2.19. The number of fused-ring (bicyclic) bond motifs is 1. The second kappa shape index (κ2) is 7.64. The molecule has 0 spiro atoms. The van der Waals surface area contributed by atoms with E-state index >= 15 is 0 Å². The van der Waals surface area contributed by atoms with Gasteiger partial charge in [0.15, 0.2) is 6.04 Å². The van der Waals surface area contributed by atoms with Crippen molar-refractivity contribution in [3.8, 4) is 5.75 Å². The van der Waals surface area contributed by atoms with Crippen LogP contribution in [0, 0.1) is 0 Å². The Kier molecular flexibility index (Phi) is 5.57. The maximum atomic E-state index is 12.2. The molecule has 0 bridgehead atoms. The van der Waals surface area contributed by atoms with E-state index in [1.54, 1.807) is 24.3 Å². The van der Waals surface area contributed by atoms with Gasteiger partial charge in [0.25, 0.3) is 5.91 Å². The summed E-state index contributed by atoms with van der Waals surface area (Å²) < 4.78 is 10.9. The normalized spacial score (nSPS) is 20.8. The molecular weight excluding hydrogens is 274 g/mol. The van der Waals surface area contributed by atoms with Gasteiger partial charge in [0.1, 0.15) is 5.75 Å². The van der Waals surface area contributed by atoms with Crippen LogP contribution in [0.1, 0.15) is 29.6 Å². The highest BCUT2D eigenvalue weighted by molar-refractivity contribution is 5.98. The molecule has 1 aromatic carbocycles. The third kappa shape index (κ3) is 4.46. The first kappa shape index (κ1) is 15.3. The van der Waals surface area contributed by atoms with E-state index in [9.17, 15) is 9.59 Å². The highest BCUT2D eigenvalue weighted by atomic mass is 16.5. The summed E-state index contributed by atoms with van der Waals surface area (Å²) >= 11 is 0. The molecule has 1 aliphatic heterocycles. The fourth-order valence-corrected chi connectivity index (χ4v) is 2.06. The molecule has 1 aliphatic rings. The first-order chi connectivity index (χ1) is 10.2. The van der Waals surface area contributed by atoms with Gasteiger partial charge in [0.2, 0.25) is 0 Å². The van der Waals surface area contributed by atoms with Gasteiger partial charge >= 0.3 is 5.97 Å². The average Bonchev–Trinajstić information content (AvgIpc) is 2.49. The number of aliphatic carboxylic acids is 1. The molecule has 1 amide bonds. The quantitative estimate of drug-likeness (QED) is 0.818. The predicted molar refractivity (Wildman–Crippen MR) is 75.5 cm³/mol. The number of rotatable bonds is 1. The molecule has 0 fully saturated rings. The number of amides is 1. The first-order valence-electron chi connectivity index (χ1n) is 7.01. The van der Waals surface area contributed by atoms with Crippen LogP contribution in [0.15, 0.2) is 24.3 Å². The van der Waals surface area contributed by atoms with Crippen LogP contribution < -0.4 is 10.1 Å². The SMILES string of the molecule is O=C1N[C@H](C(=O)O)COCCCCCOc2ccccc21. The number of carboxylic acid groups (broad SMARTS) is 1. The molecular formula is C15H19NO5. The van der Waals surface area contributed by atoms with Gasteiger partial charge in [-0.15, -0.1) is 0 Å². The molecule has 2 rings (SSSR count). The van der Waals surface area contributed by atoms with Crippen LogP contribution in [-0.4, -0.2) is 42.8 Å². The van der Waals surface area contributed by atoms with Gasteiger partial charge < -0.3 is 19.9 Å². The summed E-state index contributed by atoms with van der Waals surface area (Å²) in [5, 5.41) is 11.6. The van der Waals surface area contributed by atoms with E-state index in [0.717, 1.165) is 19.3 Å². The molecule has 21 heavy (non-hydrogen) atoms. The lowest BCUT2D eigenvalue weighted by atomic mass is 10.1. The van der Waals surface area contributed by atoms with Crippen molar-refractivity contribution in [2.75, 3.05) is 19.8 Å². The number of para-hydroxylation sites is 1. The molecule has 0 radical (unpaired) electrons. The van der Waals surface area contributed by atoms with Gasteiger partial charge in [-0.05, 0) is 31.4 Å². The van der Waals surface area contributed by atoms with Gasteiger partial charge in [-0.3, -0.25) is 4.79 Å². The Labute approximate surface area is 123 Å². The van der Waals surface area contributed by atoms with E-state index in [0.29, 0.717) is 24.5 Å². The summed E-state index contributed by atoms with van der Waals surface area (Å²) in [5.74, 6) is -1.11. The number of carbonyl (C=O) groups excluding carboxylic acids is 1. The Bertz CT molecular complexity index is 503. The van der Waals surface area contributed by atoms with E-state index in [1.165, 1.54) is 0 Å². The van der Waals surface area contributed by atoms with Crippen LogP contribution in [0.3, 0.4) is 0 Å². The fourth-order valence-electron chi connectivity index (χ4n) is 2.06. The van der Waals surface area contributed by atoms with Crippen LogP contribution in [0.5, 0.6) is 5.75 Å². The first-order valence-corrected chi connectivity index (χ1v) is 7.01. The molecule has 2 N–H and O–H groups in total. The fraction of sp³-hybridized carbons (Fsp3) is 0.467. The van der Waals surface area contributed by atoms with Crippen molar-refractivity contribution in [2.24, 2.45) is 0 Å². The van der Waals surface area contributed by atoms with Crippen molar-refractivity contribution < 1.29 is 24.2 Å². The topological polar surface area (TPSA) is 84.9 Å². The zero-order valence-electron chi connectivity index (χ0n) is 11.7. The smallest absolute Gasteiger partial charge is 0.328 e. The Morgan fingerprint density at radius 2 is 1.95 bits per heavy atom. The monoisotopic (exact) mass is 293 g/mol. The Morgan fingerprint density at radius 1 is 1.19 bits per heavy atom. The van der Waals surface area contributed by atoms with Gasteiger partial charge in [0.05, 0.1) is 18.8 Å². The zero-order valence-corrected chi connectivity index (χ0v) is 11.7. The van der Waals surface area contributed by atoms with Crippen LogP contribution in [0.4, 0.5) is 0 Å². The lowest BCUT2D eigenvalue weighted by molar-refractivity contribution is -0.140. The molecule has 6 heteroatoms. The molecule has 0 saturated carbocycles. The van der Waals surface area contributed by atoms with E-state index in [-0.39, 0.29) is 6.61 Å². The average molecular weight is 293 g/mol. The molecule has 0 aliphatic carbocycles. The van der Waals surface area contributed by atoms with Crippen LogP contribution in [0.2, 0.25) is 0 Å². The van der Waals surface area contributed by atoms with Crippen molar-refractivity contribution in [1.82, 2.24) is 5.32 Å². The number of carboxylic acids is 1. The second-order valence-electron chi connectivity index (χ2n) is 4.84. The van der Waals surface area contributed by atoms with E-state index in [1.807, 2.05) is 0 Å². The minimum Gasteiger partial charge on any atom is -0.493 e. The molecule has 1 aromatic rings. The summed E-state index contributed by atoms with van der Waals surface area (Å²) in [4.78, 5) is 23.4.